The van der Waals surface area contributed by atoms with E-state index < -0.39 is 24.6 Å². The van der Waals surface area contributed by atoms with Gasteiger partial charge in [0.15, 0.2) is 5.16 Å². The van der Waals surface area contributed by atoms with E-state index in [2.05, 4.69) is 0 Å². The lowest BCUT2D eigenvalue weighted by atomic mass is 9.99. The van der Waals surface area contributed by atoms with Crippen LogP contribution in [0, 0.1) is 0 Å². The lowest BCUT2D eigenvalue weighted by Gasteiger charge is -2.43. The molecule has 10 heteroatoms. The third-order valence-electron chi connectivity index (χ3n) is 5.75. The highest BCUT2D eigenvalue weighted by molar-refractivity contribution is 7.61. The molecular formula is C19H28N3O6P. The van der Waals surface area contributed by atoms with Crippen molar-refractivity contribution in [3.05, 3.63) is 29.8 Å². The van der Waals surface area contributed by atoms with Crippen molar-refractivity contribution in [3.63, 3.8) is 0 Å². The van der Waals surface area contributed by atoms with Crippen molar-refractivity contribution >= 4 is 25.1 Å². The van der Waals surface area contributed by atoms with Gasteiger partial charge in [-0.1, -0.05) is 24.6 Å². The van der Waals surface area contributed by atoms with E-state index in [1.807, 2.05) is 29.2 Å². The summed E-state index contributed by atoms with van der Waals surface area (Å²) in [5.74, 6) is -1.23. The first-order valence-corrected chi connectivity index (χ1v) is 11.7. The number of carbonyl (C=O) groups is 2. The molecule has 2 unspecified atom stereocenters. The van der Waals surface area contributed by atoms with Gasteiger partial charge in [0, 0.05) is 25.8 Å². The first-order valence-electron chi connectivity index (χ1n) is 9.81. The fourth-order valence-corrected chi connectivity index (χ4v) is 6.30. The minimum atomic E-state index is -3.88. The number of aliphatic carboxylic acids is 1. The Bertz CT molecular complexity index is 819. The quantitative estimate of drug-likeness (QED) is 0.423. The van der Waals surface area contributed by atoms with Crippen LogP contribution < -0.4 is 10.6 Å². The Morgan fingerprint density at radius 3 is 2.69 bits per heavy atom. The first-order chi connectivity index (χ1) is 13.8. The van der Waals surface area contributed by atoms with Gasteiger partial charge in [-0.2, -0.15) is 0 Å². The zero-order chi connectivity index (χ0) is 21.1. The van der Waals surface area contributed by atoms with Crippen molar-refractivity contribution in [2.45, 2.75) is 31.0 Å². The zero-order valence-electron chi connectivity index (χ0n) is 16.3. The standard InChI is InChI=1S/C19H28N3O6P/c20-8-4-3-7-19(17(23)24)14-21(10-12-29(19,26)27)13-15-5-1-2-6-16(15)22-9-11-28-18(22)25/h1-2,5-6H,3-4,7-14,20H2,(H,23,24)(H,26,27). The minimum absolute atomic E-state index is 0.0144. The van der Waals surface area contributed by atoms with E-state index in [0.29, 0.717) is 45.6 Å². The van der Waals surface area contributed by atoms with Gasteiger partial charge < -0.3 is 20.5 Å². The molecule has 2 saturated heterocycles. The molecule has 2 fully saturated rings. The van der Waals surface area contributed by atoms with Gasteiger partial charge >= 0.3 is 12.1 Å². The summed E-state index contributed by atoms with van der Waals surface area (Å²) in [5.41, 5.74) is 7.08. The molecule has 29 heavy (non-hydrogen) atoms. The smallest absolute Gasteiger partial charge is 0.414 e. The molecule has 1 aromatic carbocycles. The second kappa shape index (κ2) is 8.83. The Morgan fingerprint density at radius 2 is 2.03 bits per heavy atom. The van der Waals surface area contributed by atoms with Gasteiger partial charge in [-0.25, -0.2) is 4.79 Å². The van der Waals surface area contributed by atoms with E-state index in [1.54, 1.807) is 4.90 Å². The molecule has 2 aliphatic rings. The van der Waals surface area contributed by atoms with Crippen LogP contribution in [0.5, 0.6) is 0 Å². The molecule has 0 radical (unpaired) electrons. The topological polar surface area (TPSA) is 133 Å². The molecule has 3 rings (SSSR count). The Balaban J connectivity index is 1.83. The second-order valence-electron chi connectivity index (χ2n) is 7.61. The number of unbranched alkanes of at least 4 members (excludes halogenated alkanes) is 1. The highest BCUT2D eigenvalue weighted by atomic mass is 31.2. The summed E-state index contributed by atoms with van der Waals surface area (Å²) >= 11 is 0. The molecule has 1 aromatic rings. The maximum absolute atomic E-state index is 12.9. The number of hydrogen-bond acceptors (Lipinski definition) is 6. The number of amides is 1. The van der Waals surface area contributed by atoms with Gasteiger partial charge in [0.25, 0.3) is 0 Å². The first kappa shape index (κ1) is 21.8. The molecule has 0 spiro atoms. The normalized spacial score (nSPS) is 27.8. The number of carboxylic acid groups (broad SMARTS) is 1. The average molecular weight is 425 g/mol. The molecule has 1 amide bonds. The number of anilines is 1. The van der Waals surface area contributed by atoms with E-state index in [1.165, 1.54) is 0 Å². The summed E-state index contributed by atoms with van der Waals surface area (Å²) in [7, 11) is -3.88. The Labute approximate surface area is 169 Å². The van der Waals surface area contributed by atoms with Crippen LogP contribution in [0.3, 0.4) is 0 Å². The van der Waals surface area contributed by atoms with Crippen LogP contribution in [-0.4, -0.2) is 71.1 Å². The fraction of sp³-hybridized carbons (Fsp3) is 0.579. The number of carbonyl (C=O) groups excluding carboxylic acids is 1. The van der Waals surface area contributed by atoms with Gasteiger partial charge in [-0.3, -0.25) is 19.2 Å². The van der Waals surface area contributed by atoms with E-state index >= 15 is 0 Å². The molecule has 0 saturated carbocycles. The largest absolute Gasteiger partial charge is 0.480 e. The number of nitrogens with two attached hydrogens (primary N) is 1. The Morgan fingerprint density at radius 1 is 1.28 bits per heavy atom. The van der Waals surface area contributed by atoms with Crippen LogP contribution in [0.15, 0.2) is 24.3 Å². The summed E-state index contributed by atoms with van der Waals surface area (Å²) in [6, 6.07) is 7.39. The molecular weight excluding hydrogens is 397 g/mol. The lowest BCUT2D eigenvalue weighted by Crippen LogP contribution is -2.54. The number of rotatable bonds is 8. The van der Waals surface area contributed by atoms with Crippen molar-refractivity contribution < 1.29 is 28.9 Å². The molecule has 0 aliphatic carbocycles. The van der Waals surface area contributed by atoms with Gasteiger partial charge in [0.05, 0.1) is 12.2 Å². The highest BCUT2D eigenvalue weighted by Gasteiger charge is 2.56. The maximum atomic E-state index is 12.9. The van der Waals surface area contributed by atoms with E-state index in [-0.39, 0.29) is 19.1 Å². The van der Waals surface area contributed by atoms with Crippen LogP contribution in [0.25, 0.3) is 0 Å². The third kappa shape index (κ3) is 4.33. The number of carboxylic acids is 1. The van der Waals surface area contributed by atoms with Gasteiger partial charge in [-0.15, -0.1) is 0 Å². The molecule has 0 bridgehead atoms. The number of benzene rings is 1. The predicted octanol–water partition coefficient (Wildman–Crippen LogP) is 1.68. The van der Waals surface area contributed by atoms with Crippen LogP contribution in [0.2, 0.25) is 0 Å². The van der Waals surface area contributed by atoms with Crippen LogP contribution in [0.4, 0.5) is 10.5 Å². The SMILES string of the molecule is NCCCCC1(C(=O)O)CN(Cc2ccccc2N2CCOC2=O)CCP1(=O)O. The summed E-state index contributed by atoms with van der Waals surface area (Å²) in [6.45, 7) is 1.88. The number of para-hydroxylation sites is 1. The summed E-state index contributed by atoms with van der Waals surface area (Å²) < 4.78 is 17.9. The predicted molar refractivity (Wildman–Crippen MR) is 108 cm³/mol. The highest BCUT2D eigenvalue weighted by Crippen LogP contribution is 2.59. The third-order valence-corrected chi connectivity index (χ3v) is 8.45. The number of nitrogens with zero attached hydrogens (tertiary/aromatic N) is 2. The van der Waals surface area contributed by atoms with Gasteiger partial charge in [0.1, 0.15) is 6.61 Å². The van der Waals surface area contributed by atoms with Crippen LogP contribution in [0.1, 0.15) is 24.8 Å². The monoisotopic (exact) mass is 425 g/mol. The summed E-state index contributed by atoms with van der Waals surface area (Å²) in [4.78, 5) is 38.1. The molecule has 2 aliphatic heterocycles. The molecule has 4 N–H and O–H groups in total. The molecule has 2 heterocycles. The maximum Gasteiger partial charge on any atom is 0.414 e. The van der Waals surface area contributed by atoms with Gasteiger partial charge in [-0.05, 0) is 31.0 Å². The van der Waals surface area contributed by atoms with E-state index in [4.69, 9.17) is 10.5 Å². The number of hydrogen-bond donors (Lipinski definition) is 3. The number of ether oxygens (including phenoxy) is 1. The van der Waals surface area contributed by atoms with E-state index in [0.717, 1.165) is 11.3 Å². The van der Waals surface area contributed by atoms with Crippen molar-refractivity contribution in [2.24, 2.45) is 5.73 Å². The molecule has 2 atom stereocenters. The minimum Gasteiger partial charge on any atom is -0.480 e. The Hall–Kier alpha value is -1.93. The van der Waals surface area contributed by atoms with E-state index in [9.17, 15) is 24.2 Å². The van der Waals surface area contributed by atoms with Crippen molar-refractivity contribution in [2.75, 3.05) is 43.8 Å². The zero-order valence-corrected chi connectivity index (χ0v) is 17.2. The number of cyclic esters (lactones) is 1. The lowest BCUT2D eigenvalue weighted by molar-refractivity contribution is -0.141. The van der Waals surface area contributed by atoms with Crippen molar-refractivity contribution in [1.82, 2.24) is 4.90 Å². The fourth-order valence-electron chi connectivity index (χ4n) is 4.09. The molecule has 160 valence electrons. The van der Waals surface area contributed by atoms with Crippen molar-refractivity contribution in [3.8, 4) is 0 Å². The van der Waals surface area contributed by atoms with Gasteiger partial charge in [0.2, 0.25) is 7.37 Å². The summed E-state index contributed by atoms with van der Waals surface area (Å²) in [6.07, 6.45) is 0.726. The van der Waals surface area contributed by atoms with Crippen LogP contribution >= 0.6 is 7.37 Å². The van der Waals surface area contributed by atoms with Crippen molar-refractivity contribution in [1.29, 1.82) is 0 Å². The Kier molecular flexibility index (Phi) is 6.63. The van der Waals surface area contributed by atoms with Crippen LogP contribution in [-0.2, 0) is 20.6 Å². The summed E-state index contributed by atoms with van der Waals surface area (Å²) in [5, 5.41) is 8.22. The molecule has 9 nitrogen and oxygen atoms in total. The average Bonchev–Trinajstić information content (AvgIpc) is 3.10. The second-order valence-corrected chi connectivity index (χ2v) is 10.3. The molecule has 0 aromatic heterocycles.